The van der Waals surface area contributed by atoms with Gasteiger partial charge in [-0.1, -0.05) is 6.07 Å². The highest BCUT2D eigenvalue weighted by Crippen LogP contribution is 2.31. The van der Waals surface area contributed by atoms with Gasteiger partial charge in [-0.25, -0.2) is 0 Å². The Morgan fingerprint density at radius 3 is 3.26 bits per heavy atom. The van der Waals surface area contributed by atoms with E-state index >= 15 is 0 Å². The van der Waals surface area contributed by atoms with Crippen molar-refractivity contribution in [3.8, 4) is 5.75 Å². The first kappa shape index (κ1) is 11.6. The minimum Gasteiger partial charge on any atom is -0.489 e. The van der Waals surface area contributed by atoms with Crippen LogP contribution < -0.4 is 15.4 Å². The molecule has 1 aliphatic rings. The third-order valence-electron chi connectivity index (χ3n) is 2.93. The normalized spacial score (nSPS) is 13.1. The zero-order chi connectivity index (χ0) is 13.1. The Kier molecular flexibility index (Phi) is 3.06. The van der Waals surface area contributed by atoms with E-state index in [1.165, 1.54) is 0 Å². The number of aromatic amines is 1. The van der Waals surface area contributed by atoms with Crippen LogP contribution in [0.15, 0.2) is 30.6 Å². The van der Waals surface area contributed by atoms with Gasteiger partial charge in [-0.3, -0.25) is 9.89 Å². The van der Waals surface area contributed by atoms with E-state index < -0.39 is 0 Å². The van der Waals surface area contributed by atoms with Crippen molar-refractivity contribution < 1.29 is 9.53 Å². The number of aromatic nitrogens is 2. The number of amides is 1. The van der Waals surface area contributed by atoms with Gasteiger partial charge in [-0.15, -0.1) is 0 Å². The number of hydrogen-bond acceptors (Lipinski definition) is 4. The van der Waals surface area contributed by atoms with Gasteiger partial charge in [0.15, 0.2) is 5.75 Å². The molecule has 0 saturated heterocycles. The zero-order valence-corrected chi connectivity index (χ0v) is 10.3. The predicted molar refractivity (Wildman–Crippen MR) is 70.2 cm³/mol. The average molecular weight is 258 g/mol. The Balaban J connectivity index is 1.76. The van der Waals surface area contributed by atoms with Gasteiger partial charge in [0.05, 0.1) is 17.4 Å². The molecule has 1 aromatic carbocycles. The molecule has 0 saturated carbocycles. The summed E-state index contributed by atoms with van der Waals surface area (Å²) < 4.78 is 5.57. The van der Waals surface area contributed by atoms with Gasteiger partial charge in [-0.05, 0) is 12.1 Å². The van der Waals surface area contributed by atoms with Crippen molar-refractivity contribution >= 4 is 11.6 Å². The zero-order valence-electron chi connectivity index (χ0n) is 10.3. The molecule has 1 aromatic heterocycles. The number of H-pyrrole nitrogens is 1. The summed E-state index contributed by atoms with van der Waals surface area (Å²) in [6.45, 7) is 1.76. The fourth-order valence-corrected chi connectivity index (χ4v) is 2.00. The summed E-state index contributed by atoms with van der Waals surface area (Å²) in [7, 11) is 0. The number of hydrogen-bond donors (Lipinski definition) is 3. The molecule has 6 heteroatoms. The van der Waals surface area contributed by atoms with Crippen LogP contribution in [-0.2, 0) is 6.54 Å². The lowest BCUT2D eigenvalue weighted by molar-refractivity contribution is 0.0947. The molecule has 0 aliphatic carbocycles. The van der Waals surface area contributed by atoms with Crippen molar-refractivity contribution in [2.45, 2.75) is 6.54 Å². The molecule has 3 N–H and O–H groups in total. The lowest BCUT2D eigenvalue weighted by Crippen LogP contribution is -2.26. The molecule has 98 valence electrons. The Morgan fingerprint density at radius 1 is 1.47 bits per heavy atom. The van der Waals surface area contributed by atoms with Crippen molar-refractivity contribution in [2.75, 3.05) is 18.5 Å². The van der Waals surface area contributed by atoms with E-state index in [2.05, 4.69) is 20.8 Å². The maximum Gasteiger partial charge on any atom is 0.255 e. The molecule has 0 bridgehead atoms. The van der Waals surface area contributed by atoms with Crippen LogP contribution in [0, 0.1) is 0 Å². The molecule has 6 nitrogen and oxygen atoms in total. The van der Waals surface area contributed by atoms with Gasteiger partial charge < -0.3 is 15.4 Å². The largest absolute Gasteiger partial charge is 0.489 e. The highest BCUT2D eigenvalue weighted by atomic mass is 16.5. The van der Waals surface area contributed by atoms with E-state index in [1.54, 1.807) is 18.5 Å². The van der Waals surface area contributed by atoms with Crippen LogP contribution in [0.3, 0.4) is 0 Å². The molecule has 0 atom stereocenters. The molecule has 19 heavy (non-hydrogen) atoms. The summed E-state index contributed by atoms with van der Waals surface area (Å²) in [5.74, 6) is 0.472. The SMILES string of the molecule is O=C(NCc1cn[nH]c1)c1cccc2c1OCCN2. The number of nitrogens with zero attached hydrogens (tertiary/aromatic N) is 1. The fraction of sp³-hybridized carbons (Fsp3) is 0.231. The summed E-state index contributed by atoms with van der Waals surface area (Å²) in [6.07, 6.45) is 3.43. The van der Waals surface area contributed by atoms with Gasteiger partial charge >= 0.3 is 0 Å². The second-order valence-electron chi connectivity index (χ2n) is 4.25. The van der Waals surface area contributed by atoms with Gasteiger partial charge in [0.1, 0.15) is 6.61 Å². The summed E-state index contributed by atoms with van der Waals surface area (Å²) in [5.41, 5.74) is 2.34. The maximum absolute atomic E-state index is 12.2. The number of ether oxygens (including phenoxy) is 1. The number of benzene rings is 1. The highest BCUT2D eigenvalue weighted by Gasteiger charge is 2.18. The molecule has 0 fully saturated rings. The van der Waals surface area contributed by atoms with Crippen molar-refractivity contribution in [2.24, 2.45) is 0 Å². The standard InChI is InChI=1S/C13H14N4O2/c18-13(15-6-9-7-16-17-8-9)10-2-1-3-11-12(10)19-5-4-14-11/h1-3,7-8,14H,4-6H2,(H,15,18)(H,16,17). The molecule has 3 rings (SSSR count). The molecule has 0 spiro atoms. The first-order chi connectivity index (χ1) is 9.34. The first-order valence-electron chi connectivity index (χ1n) is 6.10. The van der Waals surface area contributed by atoms with E-state index in [9.17, 15) is 4.79 Å². The summed E-state index contributed by atoms with van der Waals surface area (Å²) in [4.78, 5) is 12.2. The number of carbonyl (C=O) groups excluding carboxylic acids is 1. The van der Waals surface area contributed by atoms with Crippen LogP contribution in [0.4, 0.5) is 5.69 Å². The molecule has 2 heterocycles. The quantitative estimate of drug-likeness (QED) is 0.771. The Labute approximate surface area is 110 Å². The van der Waals surface area contributed by atoms with E-state index in [4.69, 9.17) is 4.74 Å². The van der Waals surface area contributed by atoms with Crippen LogP contribution >= 0.6 is 0 Å². The third-order valence-corrected chi connectivity index (χ3v) is 2.93. The lowest BCUT2D eigenvalue weighted by Gasteiger charge is -2.21. The maximum atomic E-state index is 12.2. The topological polar surface area (TPSA) is 79.0 Å². The van der Waals surface area contributed by atoms with Crippen LogP contribution in [0.25, 0.3) is 0 Å². The van der Waals surface area contributed by atoms with Gasteiger partial charge in [0, 0.05) is 24.8 Å². The molecule has 1 aliphatic heterocycles. The van der Waals surface area contributed by atoms with E-state index in [1.807, 2.05) is 12.1 Å². The Hall–Kier alpha value is -2.50. The van der Waals surface area contributed by atoms with Crippen molar-refractivity contribution in [1.29, 1.82) is 0 Å². The van der Waals surface area contributed by atoms with Crippen LogP contribution in [0.2, 0.25) is 0 Å². The smallest absolute Gasteiger partial charge is 0.255 e. The lowest BCUT2D eigenvalue weighted by atomic mass is 10.1. The minimum absolute atomic E-state index is 0.151. The number of fused-ring (bicyclic) bond motifs is 1. The van der Waals surface area contributed by atoms with Crippen LogP contribution in [0.5, 0.6) is 5.75 Å². The van der Waals surface area contributed by atoms with Gasteiger partial charge in [-0.2, -0.15) is 5.10 Å². The number of rotatable bonds is 3. The first-order valence-corrected chi connectivity index (χ1v) is 6.10. The second-order valence-corrected chi connectivity index (χ2v) is 4.25. The summed E-state index contributed by atoms with van der Waals surface area (Å²) >= 11 is 0. The van der Waals surface area contributed by atoms with E-state index in [0.29, 0.717) is 24.5 Å². The highest BCUT2D eigenvalue weighted by molar-refractivity contribution is 5.98. The fourth-order valence-electron chi connectivity index (χ4n) is 2.00. The van der Waals surface area contributed by atoms with Gasteiger partial charge in [0.2, 0.25) is 0 Å². The number of carbonyl (C=O) groups is 1. The van der Waals surface area contributed by atoms with E-state index in [-0.39, 0.29) is 5.91 Å². The van der Waals surface area contributed by atoms with Crippen LogP contribution in [-0.4, -0.2) is 29.3 Å². The van der Waals surface area contributed by atoms with E-state index in [0.717, 1.165) is 17.8 Å². The number of anilines is 1. The second kappa shape index (κ2) is 5.01. The average Bonchev–Trinajstić information content (AvgIpc) is 2.97. The molecule has 1 amide bonds. The molecular weight excluding hydrogens is 244 g/mol. The van der Waals surface area contributed by atoms with Gasteiger partial charge in [0.25, 0.3) is 5.91 Å². The number of nitrogens with one attached hydrogen (secondary N) is 3. The molecule has 0 radical (unpaired) electrons. The predicted octanol–water partition coefficient (Wildman–Crippen LogP) is 1.14. The monoisotopic (exact) mass is 258 g/mol. The minimum atomic E-state index is -0.151. The number of para-hydroxylation sites is 1. The summed E-state index contributed by atoms with van der Waals surface area (Å²) in [6, 6.07) is 5.51. The summed E-state index contributed by atoms with van der Waals surface area (Å²) in [5, 5.41) is 12.6. The third kappa shape index (κ3) is 2.37. The molecule has 0 unspecified atom stereocenters. The molecular formula is C13H14N4O2. The van der Waals surface area contributed by atoms with Crippen LogP contribution in [0.1, 0.15) is 15.9 Å². The van der Waals surface area contributed by atoms with Crippen molar-refractivity contribution in [3.05, 3.63) is 41.7 Å². The van der Waals surface area contributed by atoms with Crippen molar-refractivity contribution in [1.82, 2.24) is 15.5 Å². The Morgan fingerprint density at radius 2 is 2.42 bits per heavy atom. The van der Waals surface area contributed by atoms with Crippen molar-refractivity contribution in [3.63, 3.8) is 0 Å². The Bertz CT molecular complexity index is 580. The molecule has 2 aromatic rings.